The third kappa shape index (κ3) is 4.63. The van der Waals surface area contributed by atoms with Crippen molar-refractivity contribution in [1.29, 1.82) is 0 Å². The minimum atomic E-state index is 0.785. The first-order chi connectivity index (χ1) is 9.29. The van der Waals surface area contributed by atoms with Crippen molar-refractivity contribution in [3.05, 3.63) is 35.4 Å². The topological polar surface area (TPSA) is 21.3 Å². The normalized spacial score (nSPS) is 17.2. The number of ether oxygens (including phenoxy) is 1. The van der Waals surface area contributed by atoms with Crippen molar-refractivity contribution in [2.45, 2.75) is 32.6 Å². The van der Waals surface area contributed by atoms with Gasteiger partial charge in [-0.25, -0.2) is 0 Å². The molecule has 19 heavy (non-hydrogen) atoms. The maximum atomic E-state index is 5.10. The maximum absolute atomic E-state index is 5.10. The molecule has 1 unspecified atom stereocenters. The summed E-state index contributed by atoms with van der Waals surface area (Å²) in [6, 6.07) is 8.97. The second-order valence-corrected chi connectivity index (χ2v) is 5.84. The number of methoxy groups -OCH3 is 1. The SMILES string of the molecule is COCCNCC(Cc1cccc(C)c1)C1CCC1. The molecule has 1 N–H and O–H groups in total. The summed E-state index contributed by atoms with van der Waals surface area (Å²) < 4.78 is 5.10. The second kappa shape index (κ2) is 7.66. The van der Waals surface area contributed by atoms with Gasteiger partial charge in [-0.2, -0.15) is 0 Å². The molecule has 0 aliphatic heterocycles. The Kier molecular flexibility index (Phi) is 5.87. The van der Waals surface area contributed by atoms with Gasteiger partial charge in [-0.05, 0) is 37.3 Å². The quantitative estimate of drug-likeness (QED) is 0.726. The summed E-state index contributed by atoms with van der Waals surface area (Å²) in [5.74, 6) is 1.71. The van der Waals surface area contributed by atoms with Gasteiger partial charge in [0.1, 0.15) is 0 Å². The van der Waals surface area contributed by atoms with E-state index in [2.05, 4.69) is 36.5 Å². The number of benzene rings is 1. The largest absolute Gasteiger partial charge is 0.383 e. The molecule has 0 heterocycles. The molecule has 0 aromatic heterocycles. The number of nitrogens with one attached hydrogen (secondary N) is 1. The molecule has 1 aromatic carbocycles. The van der Waals surface area contributed by atoms with Gasteiger partial charge in [-0.15, -0.1) is 0 Å². The van der Waals surface area contributed by atoms with Crippen molar-refractivity contribution in [3.63, 3.8) is 0 Å². The number of rotatable bonds is 8. The maximum Gasteiger partial charge on any atom is 0.0587 e. The van der Waals surface area contributed by atoms with Crippen molar-refractivity contribution < 1.29 is 4.74 Å². The number of hydrogen-bond acceptors (Lipinski definition) is 2. The van der Waals surface area contributed by atoms with E-state index < -0.39 is 0 Å². The number of aryl methyl sites for hydroxylation is 1. The van der Waals surface area contributed by atoms with Crippen LogP contribution in [0, 0.1) is 18.8 Å². The van der Waals surface area contributed by atoms with Crippen LogP contribution in [0.25, 0.3) is 0 Å². The molecule has 1 atom stereocenters. The molecule has 0 radical (unpaired) electrons. The van der Waals surface area contributed by atoms with E-state index in [0.717, 1.165) is 31.5 Å². The minimum absolute atomic E-state index is 0.785. The van der Waals surface area contributed by atoms with E-state index in [0.29, 0.717) is 0 Å². The van der Waals surface area contributed by atoms with Crippen molar-refractivity contribution in [2.24, 2.45) is 11.8 Å². The van der Waals surface area contributed by atoms with Gasteiger partial charge in [-0.1, -0.05) is 49.1 Å². The van der Waals surface area contributed by atoms with Gasteiger partial charge in [0, 0.05) is 13.7 Å². The molecule has 1 aromatic rings. The Morgan fingerprint density at radius 3 is 2.84 bits per heavy atom. The smallest absolute Gasteiger partial charge is 0.0587 e. The van der Waals surface area contributed by atoms with Gasteiger partial charge in [0.15, 0.2) is 0 Å². The molecule has 106 valence electrons. The van der Waals surface area contributed by atoms with Crippen LogP contribution in [0.1, 0.15) is 30.4 Å². The van der Waals surface area contributed by atoms with Gasteiger partial charge in [0.25, 0.3) is 0 Å². The van der Waals surface area contributed by atoms with E-state index in [-0.39, 0.29) is 0 Å². The van der Waals surface area contributed by atoms with Gasteiger partial charge < -0.3 is 10.1 Å². The highest BCUT2D eigenvalue weighted by Crippen LogP contribution is 2.35. The second-order valence-electron chi connectivity index (χ2n) is 5.84. The lowest BCUT2D eigenvalue weighted by atomic mass is 9.73. The molecule has 1 saturated carbocycles. The fraction of sp³-hybridized carbons (Fsp3) is 0.647. The zero-order valence-corrected chi connectivity index (χ0v) is 12.3. The van der Waals surface area contributed by atoms with Crippen LogP contribution in [0.2, 0.25) is 0 Å². The lowest BCUT2D eigenvalue weighted by Gasteiger charge is -2.34. The Hall–Kier alpha value is -0.860. The Morgan fingerprint density at radius 2 is 2.21 bits per heavy atom. The Balaban J connectivity index is 1.86. The van der Waals surface area contributed by atoms with Gasteiger partial charge in [0.2, 0.25) is 0 Å². The predicted octanol–water partition coefficient (Wildman–Crippen LogP) is 3.19. The Morgan fingerprint density at radius 1 is 1.37 bits per heavy atom. The lowest BCUT2D eigenvalue weighted by molar-refractivity contribution is 0.178. The summed E-state index contributed by atoms with van der Waals surface area (Å²) in [5, 5.41) is 3.55. The standard InChI is InChI=1S/C17H27NO/c1-14-5-3-6-15(11-14)12-17(16-7-4-8-16)13-18-9-10-19-2/h3,5-6,11,16-18H,4,7-10,12-13H2,1-2H3. The average molecular weight is 261 g/mol. The molecule has 2 rings (SSSR count). The highest BCUT2D eigenvalue weighted by molar-refractivity contribution is 5.22. The van der Waals surface area contributed by atoms with Crippen LogP contribution in [-0.2, 0) is 11.2 Å². The third-order valence-electron chi connectivity index (χ3n) is 4.29. The monoisotopic (exact) mass is 261 g/mol. The molecule has 1 fully saturated rings. The first kappa shape index (κ1) is 14.5. The molecule has 2 heteroatoms. The summed E-state index contributed by atoms with van der Waals surface area (Å²) in [6.07, 6.45) is 5.48. The summed E-state index contributed by atoms with van der Waals surface area (Å²) in [7, 11) is 1.76. The summed E-state index contributed by atoms with van der Waals surface area (Å²) in [4.78, 5) is 0. The van der Waals surface area contributed by atoms with Gasteiger partial charge >= 0.3 is 0 Å². The average Bonchev–Trinajstić information content (AvgIpc) is 2.32. The molecule has 0 amide bonds. The predicted molar refractivity (Wildman–Crippen MR) is 80.5 cm³/mol. The van der Waals surface area contributed by atoms with Crippen LogP contribution in [0.15, 0.2) is 24.3 Å². The molecule has 0 bridgehead atoms. The van der Waals surface area contributed by atoms with Crippen LogP contribution in [0.5, 0.6) is 0 Å². The fourth-order valence-electron chi connectivity index (χ4n) is 2.92. The highest BCUT2D eigenvalue weighted by atomic mass is 16.5. The van der Waals surface area contributed by atoms with Crippen LogP contribution in [0.4, 0.5) is 0 Å². The highest BCUT2D eigenvalue weighted by Gasteiger charge is 2.26. The fourth-order valence-corrected chi connectivity index (χ4v) is 2.92. The van der Waals surface area contributed by atoms with Gasteiger partial charge in [-0.3, -0.25) is 0 Å². The first-order valence-corrected chi connectivity index (χ1v) is 7.55. The van der Waals surface area contributed by atoms with Crippen molar-refractivity contribution in [3.8, 4) is 0 Å². The minimum Gasteiger partial charge on any atom is -0.383 e. The molecule has 0 spiro atoms. The summed E-state index contributed by atoms with van der Waals surface area (Å²) >= 11 is 0. The molecule has 0 saturated heterocycles. The Labute approximate surface area is 117 Å². The third-order valence-corrected chi connectivity index (χ3v) is 4.29. The van der Waals surface area contributed by atoms with Crippen molar-refractivity contribution >= 4 is 0 Å². The van der Waals surface area contributed by atoms with Crippen molar-refractivity contribution in [1.82, 2.24) is 5.32 Å². The molecule has 1 aliphatic rings. The van der Waals surface area contributed by atoms with E-state index in [1.165, 1.54) is 36.8 Å². The van der Waals surface area contributed by atoms with E-state index in [1.54, 1.807) is 7.11 Å². The molecule has 2 nitrogen and oxygen atoms in total. The zero-order chi connectivity index (χ0) is 13.5. The Bertz CT molecular complexity index is 373. The van der Waals surface area contributed by atoms with E-state index in [1.807, 2.05) is 0 Å². The molecule has 1 aliphatic carbocycles. The molecular formula is C17H27NO. The zero-order valence-electron chi connectivity index (χ0n) is 12.3. The van der Waals surface area contributed by atoms with Crippen LogP contribution in [0.3, 0.4) is 0 Å². The molecular weight excluding hydrogens is 234 g/mol. The number of hydrogen-bond donors (Lipinski definition) is 1. The van der Waals surface area contributed by atoms with Crippen LogP contribution >= 0.6 is 0 Å². The summed E-state index contributed by atoms with van der Waals surface area (Å²) in [6.45, 7) is 5.08. The van der Waals surface area contributed by atoms with Crippen LogP contribution in [-0.4, -0.2) is 26.8 Å². The van der Waals surface area contributed by atoms with E-state index in [4.69, 9.17) is 4.74 Å². The summed E-state index contributed by atoms with van der Waals surface area (Å²) in [5.41, 5.74) is 2.86. The van der Waals surface area contributed by atoms with Gasteiger partial charge in [0.05, 0.1) is 6.61 Å². The van der Waals surface area contributed by atoms with Crippen molar-refractivity contribution in [2.75, 3.05) is 26.8 Å². The first-order valence-electron chi connectivity index (χ1n) is 7.55. The van der Waals surface area contributed by atoms with E-state index in [9.17, 15) is 0 Å². The van der Waals surface area contributed by atoms with E-state index >= 15 is 0 Å². The lowest BCUT2D eigenvalue weighted by Crippen LogP contribution is -2.34. The van der Waals surface area contributed by atoms with Crippen LogP contribution < -0.4 is 5.32 Å².